The maximum Gasteiger partial charge on any atom is 0.269 e. The van der Waals surface area contributed by atoms with Crippen LogP contribution in [-0.2, 0) is 21.2 Å². The number of anilines is 2. The van der Waals surface area contributed by atoms with Crippen LogP contribution in [0.4, 0.5) is 11.4 Å². The van der Waals surface area contributed by atoms with Gasteiger partial charge in [0.05, 0.1) is 17.1 Å². The van der Waals surface area contributed by atoms with E-state index in [9.17, 15) is 13.2 Å². The number of amides is 1. The van der Waals surface area contributed by atoms with Crippen LogP contribution >= 0.6 is 0 Å². The van der Waals surface area contributed by atoms with E-state index in [-0.39, 0.29) is 17.3 Å². The maximum atomic E-state index is 13.4. The zero-order valence-corrected chi connectivity index (χ0v) is 17.0. The second-order valence-corrected chi connectivity index (χ2v) is 9.15. The van der Waals surface area contributed by atoms with Crippen LogP contribution in [-0.4, -0.2) is 33.5 Å². The Hall–Kier alpha value is -3.32. The first-order valence-electron chi connectivity index (χ1n) is 9.78. The molecule has 2 aliphatic rings. The largest absolute Gasteiger partial charge is 0.476 e. The monoisotopic (exact) mass is 420 g/mol. The first-order chi connectivity index (χ1) is 14.6. The molecule has 1 atom stereocenters. The highest BCUT2D eigenvalue weighted by molar-refractivity contribution is 7.92. The number of sulfonamides is 1. The quantitative estimate of drug-likeness (QED) is 0.653. The highest BCUT2D eigenvalue weighted by atomic mass is 32.2. The van der Waals surface area contributed by atoms with Gasteiger partial charge in [-0.05, 0) is 42.3 Å². The molecular weight excluding hydrogens is 400 g/mol. The second-order valence-electron chi connectivity index (χ2n) is 7.29. The Balaban J connectivity index is 1.52. The molecule has 0 aromatic heterocycles. The average Bonchev–Trinajstić information content (AvgIpc) is 3.22. The predicted octanol–water partition coefficient (Wildman–Crippen LogP) is 3.23. The summed E-state index contributed by atoms with van der Waals surface area (Å²) in [5.41, 5.74) is 2.41. The summed E-state index contributed by atoms with van der Waals surface area (Å²) in [4.78, 5) is 15.2. The molecule has 7 heteroatoms. The van der Waals surface area contributed by atoms with Crippen LogP contribution in [0, 0.1) is 0 Å². The van der Waals surface area contributed by atoms with Crippen LogP contribution in [0.2, 0.25) is 0 Å². The van der Waals surface area contributed by atoms with E-state index < -0.39 is 16.1 Å². The van der Waals surface area contributed by atoms with Crippen molar-refractivity contribution in [3.05, 3.63) is 84.4 Å². The van der Waals surface area contributed by atoms with E-state index >= 15 is 0 Å². The molecule has 0 radical (unpaired) electrons. The van der Waals surface area contributed by atoms with Gasteiger partial charge in [-0.3, -0.25) is 9.10 Å². The van der Waals surface area contributed by atoms with Crippen LogP contribution in [0.25, 0.3) is 0 Å². The molecule has 0 bridgehead atoms. The van der Waals surface area contributed by atoms with Crippen LogP contribution in [0.5, 0.6) is 5.75 Å². The van der Waals surface area contributed by atoms with Gasteiger partial charge in [0.2, 0.25) is 0 Å². The second kappa shape index (κ2) is 7.18. The molecule has 3 aromatic carbocycles. The number of hydrogen-bond acceptors (Lipinski definition) is 4. The highest BCUT2D eigenvalue weighted by Crippen LogP contribution is 2.38. The minimum Gasteiger partial charge on any atom is -0.476 e. The van der Waals surface area contributed by atoms with Crippen LogP contribution in [0.1, 0.15) is 5.56 Å². The van der Waals surface area contributed by atoms with Gasteiger partial charge in [-0.1, -0.05) is 48.5 Å². The van der Waals surface area contributed by atoms with E-state index in [4.69, 9.17) is 4.74 Å². The van der Waals surface area contributed by atoms with E-state index in [0.29, 0.717) is 18.0 Å². The molecule has 6 nitrogen and oxygen atoms in total. The summed E-state index contributed by atoms with van der Waals surface area (Å²) in [6.45, 7) is 0.483. The van der Waals surface area contributed by atoms with Crippen molar-refractivity contribution in [1.29, 1.82) is 0 Å². The van der Waals surface area contributed by atoms with Crippen molar-refractivity contribution in [3.8, 4) is 5.75 Å². The zero-order valence-electron chi connectivity index (χ0n) is 16.1. The molecule has 0 aliphatic carbocycles. The summed E-state index contributed by atoms with van der Waals surface area (Å²) in [6.07, 6.45) is -0.151. The van der Waals surface area contributed by atoms with Crippen molar-refractivity contribution in [2.24, 2.45) is 0 Å². The average molecular weight is 420 g/mol. The number of carbonyl (C=O) groups is 1. The van der Waals surface area contributed by atoms with E-state index in [1.807, 2.05) is 24.3 Å². The van der Waals surface area contributed by atoms with Gasteiger partial charge in [-0.15, -0.1) is 0 Å². The van der Waals surface area contributed by atoms with Gasteiger partial charge in [0.25, 0.3) is 15.9 Å². The number of ether oxygens (including phenoxy) is 1. The minimum atomic E-state index is -3.84. The lowest BCUT2D eigenvalue weighted by Crippen LogP contribution is -2.51. The summed E-state index contributed by atoms with van der Waals surface area (Å²) in [5, 5.41) is 0. The molecule has 0 fully saturated rings. The molecule has 3 aromatic rings. The smallest absolute Gasteiger partial charge is 0.269 e. The number of carbonyl (C=O) groups excluding carboxylic acids is 1. The Labute approximate surface area is 175 Å². The Morgan fingerprint density at radius 3 is 2.33 bits per heavy atom. The molecule has 5 rings (SSSR count). The molecule has 152 valence electrons. The molecule has 0 saturated carbocycles. The fourth-order valence-electron chi connectivity index (χ4n) is 4.02. The number of para-hydroxylation sites is 3. The van der Waals surface area contributed by atoms with Crippen molar-refractivity contribution in [2.45, 2.75) is 17.4 Å². The van der Waals surface area contributed by atoms with Crippen LogP contribution in [0.3, 0.4) is 0 Å². The molecule has 30 heavy (non-hydrogen) atoms. The van der Waals surface area contributed by atoms with Gasteiger partial charge in [0, 0.05) is 12.2 Å². The third-order valence-electron chi connectivity index (χ3n) is 5.49. The fourth-order valence-corrected chi connectivity index (χ4v) is 5.52. The van der Waals surface area contributed by atoms with Gasteiger partial charge in [-0.2, -0.15) is 0 Å². The molecule has 2 heterocycles. The number of rotatable bonds is 3. The summed E-state index contributed by atoms with van der Waals surface area (Å²) in [5.74, 6) is 0.150. The molecule has 0 N–H and O–H groups in total. The predicted molar refractivity (Wildman–Crippen MR) is 114 cm³/mol. The van der Waals surface area contributed by atoms with Crippen molar-refractivity contribution in [2.75, 3.05) is 22.3 Å². The number of fused-ring (bicyclic) bond motifs is 2. The summed E-state index contributed by atoms with van der Waals surface area (Å²) < 4.78 is 34.0. The van der Waals surface area contributed by atoms with Gasteiger partial charge >= 0.3 is 0 Å². The molecule has 2 aliphatic heterocycles. The molecule has 1 amide bonds. The Morgan fingerprint density at radius 2 is 1.53 bits per heavy atom. The van der Waals surface area contributed by atoms with Crippen molar-refractivity contribution >= 4 is 27.3 Å². The Bertz CT molecular complexity index is 1210. The van der Waals surface area contributed by atoms with Crippen molar-refractivity contribution < 1.29 is 17.9 Å². The van der Waals surface area contributed by atoms with Gasteiger partial charge in [0.1, 0.15) is 5.75 Å². The SMILES string of the molecule is O=C(C1CN(S(=O)(=O)c2ccccc2)c2ccccc2O1)N1CCc2ccccc21. The Kier molecular flexibility index (Phi) is 4.47. The lowest BCUT2D eigenvalue weighted by atomic mass is 10.1. The van der Waals surface area contributed by atoms with Crippen LogP contribution < -0.4 is 13.9 Å². The van der Waals surface area contributed by atoms with Crippen LogP contribution in [0.15, 0.2) is 83.8 Å². The van der Waals surface area contributed by atoms with Gasteiger partial charge in [0.15, 0.2) is 6.10 Å². The number of benzene rings is 3. The van der Waals surface area contributed by atoms with Gasteiger partial charge < -0.3 is 9.64 Å². The van der Waals surface area contributed by atoms with E-state index in [1.54, 1.807) is 59.5 Å². The van der Waals surface area contributed by atoms with E-state index in [2.05, 4.69) is 0 Å². The first-order valence-corrected chi connectivity index (χ1v) is 11.2. The lowest BCUT2D eigenvalue weighted by Gasteiger charge is -2.36. The Morgan fingerprint density at radius 1 is 0.867 bits per heavy atom. The third kappa shape index (κ3) is 3.02. The number of nitrogens with zero attached hydrogens (tertiary/aromatic N) is 2. The summed E-state index contributed by atoms with van der Waals surface area (Å²) in [7, 11) is -3.84. The minimum absolute atomic E-state index is 0.0776. The zero-order chi connectivity index (χ0) is 20.7. The molecule has 0 saturated heterocycles. The number of hydrogen-bond donors (Lipinski definition) is 0. The van der Waals surface area contributed by atoms with E-state index in [1.165, 1.54) is 4.31 Å². The maximum absolute atomic E-state index is 13.4. The molecular formula is C23H20N2O4S. The van der Waals surface area contributed by atoms with E-state index in [0.717, 1.165) is 17.7 Å². The normalized spacial score (nSPS) is 17.8. The fraction of sp³-hybridized carbons (Fsp3) is 0.174. The summed E-state index contributed by atoms with van der Waals surface area (Å²) >= 11 is 0. The van der Waals surface area contributed by atoms with Crippen molar-refractivity contribution in [3.63, 3.8) is 0 Å². The first kappa shape index (κ1) is 18.7. The molecule has 1 unspecified atom stereocenters. The molecule has 0 spiro atoms. The van der Waals surface area contributed by atoms with Crippen molar-refractivity contribution in [1.82, 2.24) is 0 Å². The standard InChI is InChI=1S/C23H20N2O4S/c26-23(24-15-14-17-8-4-5-11-19(17)24)22-16-25(20-12-6-7-13-21(20)29-22)30(27,28)18-9-2-1-3-10-18/h1-13,22H,14-16H2. The third-order valence-corrected chi connectivity index (χ3v) is 7.29. The summed E-state index contributed by atoms with van der Waals surface area (Å²) in [6, 6.07) is 22.9. The van der Waals surface area contributed by atoms with Gasteiger partial charge in [-0.25, -0.2) is 8.42 Å². The lowest BCUT2D eigenvalue weighted by molar-refractivity contribution is -0.125. The highest BCUT2D eigenvalue weighted by Gasteiger charge is 2.40. The topological polar surface area (TPSA) is 66.9 Å².